The van der Waals surface area contributed by atoms with Crippen LogP contribution in [0.4, 0.5) is 16.2 Å². The first-order valence-corrected chi connectivity index (χ1v) is 7.44. The molecule has 0 saturated heterocycles. The van der Waals surface area contributed by atoms with Gasteiger partial charge in [0.05, 0.1) is 17.2 Å². The molecule has 126 valence electrons. The van der Waals surface area contributed by atoms with Crippen LogP contribution in [0.15, 0.2) is 59.5 Å². The number of nitrogens with two attached hydrogens (primary N) is 1. The summed E-state index contributed by atoms with van der Waals surface area (Å²) in [6.45, 7) is -0.157. The number of anilines is 2. The molecule has 3 amide bonds. The van der Waals surface area contributed by atoms with Crippen LogP contribution < -0.4 is 21.9 Å². The van der Waals surface area contributed by atoms with Gasteiger partial charge in [0.1, 0.15) is 6.54 Å². The normalized spacial score (nSPS) is 10.4. The molecule has 1 aromatic heterocycles. The van der Waals surface area contributed by atoms with Crippen LogP contribution >= 0.6 is 0 Å². The number of urea groups is 1. The number of carbonyl (C=O) groups excluding carboxylic acids is 2. The van der Waals surface area contributed by atoms with Gasteiger partial charge >= 0.3 is 6.03 Å². The van der Waals surface area contributed by atoms with Crippen LogP contribution in [0.2, 0.25) is 0 Å². The van der Waals surface area contributed by atoms with Gasteiger partial charge in [0, 0.05) is 11.4 Å². The highest BCUT2D eigenvalue weighted by molar-refractivity contribution is 5.93. The van der Waals surface area contributed by atoms with Crippen LogP contribution in [0.25, 0.3) is 11.0 Å². The molecule has 3 rings (SSSR count). The summed E-state index contributed by atoms with van der Waals surface area (Å²) in [6.07, 6.45) is 1.19. The lowest BCUT2D eigenvalue weighted by Crippen LogP contribution is -2.28. The third-order valence-electron chi connectivity index (χ3n) is 3.47. The number of aromatic nitrogens is 2. The summed E-state index contributed by atoms with van der Waals surface area (Å²) in [6, 6.07) is 12.9. The number of hydrogen-bond acceptors (Lipinski definition) is 4. The Kier molecular flexibility index (Phi) is 4.42. The number of hydrogen-bond donors (Lipinski definition) is 3. The van der Waals surface area contributed by atoms with Crippen LogP contribution in [0.3, 0.4) is 0 Å². The molecule has 0 aliphatic carbocycles. The summed E-state index contributed by atoms with van der Waals surface area (Å²) in [5, 5.41) is 5.11. The lowest BCUT2D eigenvalue weighted by molar-refractivity contribution is -0.116. The van der Waals surface area contributed by atoms with Gasteiger partial charge in [0.25, 0.3) is 5.56 Å². The highest BCUT2D eigenvalue weighted by Gasteiger charge is 2.09. The van der Waals surface area contributed by atoms with E-state index >= 15 is 0 Å². The van der Waals surface area contributed by atoms with Crippen molar-refractivity contribution >= 4 is 34.3 Å². The molecule has 8 heteroatoms. The average molecular weight is 337 g/mol. The van der Waals surface area contributed by atoms with Crippen LogP contribution in [-0.2, 0) is 11.3 Å². The van der Waals surface area contributed by atoms with E-state index in [1.54, 1.807) is 48.5 Å². The molecule has 8 nitrogen and oxygen atoms in total. The van der Waals surface area contributed by atoms with Crippen LogP contribution in [-0.4, -0.2) is 21.5 Å². The molecular formula is C17H15N5O3. The maximum atomic E-state index is 12.3. The summed E-state index contributed by atoms with van der Waals surface area (Å²) >= 11 is 0. The van der Waals surface area contributed by atoms with Gasteiger partial charge in [-0.05, 0) is 30.3 Å². The van der Waals surface area contributed by atoms with Gasteiger partial charge in [-0.1, -0.05) is 18.2 Å². The minimum atomic E-state index is -0.696. The number of benzene rings is 2. The van der Waals surface area contributed by atoms with E-state index in [-0.39, 0.29) is 18.0 Å². The fourth-order valence-corrected chi connectivity index (χ4v) is 2.44. The fraction of sp³-hybridized carbons (Fsp3) is 0.0588. The SMILES string of the molecule is NC(=O)Nc1cccc(NC(=O)Cn2c(=O)cnc3ccccc32)c1. The number of rotatable bonds is 4. The molecule has 25 heavy (non-hydrogen) atoms. The van der Waals surface area contributed by atoms with Crippen molar-refractivity contribution < 1.29 is 9.59 Å². The van der Waals surface area contributed by atoms with Gasteiger partial charge in [0.2, 0.25) is 5.91 Å². The molecule has 1 heterocycles. The predicted octanol–water partition coefficient (Wildman–Crippen LogP) is 1.53. The Labute approximate surface area is 142 Å². The highest BCUT2D eigenvalue weighted by atomic mass is 16.2. The van der Waals surface area contributed by atoms with Gasteiger partial charge in [-0.15, -0.1) is 0 Å². The maximum absolute atomic E-state index is 12.3. The zero-order chi connectivity index (χ0) is 17.8. The summed E-state index contributed by atoms with van der Waals surface area (Å²) in [4.78, 5) is 39.3. The lowest BCUT2D eigenvalue weighted by Gasteiger charge is -2.11. The van der Waals surface area contributed by atoms with Crippen molar-refractivity contribution in [2.24, 2.45) is 5.73 Å². The molecule has 4 N–H and O–H groups in total. The van der Waals surface area contributed by atoms with Gasteiger partial charge in [-0.2, -0.15) is 0 Å². The molecule has 0 aliphatic rings. The number of carbonyl (C=O) groups is 2. The first kappa shape index (κ1) is 16.2. The third-order valence-corrected chi connectivity index (χ3v) is 3.47. The minimum absolute atomic E-state index is 0.157. The maximum Gasteiger partial charge on any atom is 0.316 e. The van der Waals surface area contributed by atoms with Crippen molar-refractivity contribution in [1.82, 2.24) is 9.55 Å². The Balaban J connectivity index is 1.81. The van der Waals surface area contributed by atoms with Gasteiger partial charge in [-0.25, -0.2) is 9.78 Å². The van der Waals surface area contributed by atoms with E-state index in [1.165, 1.54) is 10.8 Å². The van der Waals surface area contributed by atoms with E-state index in [0.29, 0.717) is 22.4 Å². The molecule has 0 radical (unpaired) electrons. The van der Waals surface area contributed by atoms with Crippen LogP contribution in [0.5, 0.6) is 0 Å². The molecule has 0 saturated carbocycles. The van der Waals surface area contributed by atoms with Crippen LogP contribution in [0.1, 0.15) is 0 Å². The monoisotopic (exact) mass is 337 g/mol. The van der Waals surface area contributed by atoms with Gasteiger partial charge in [-0.3, -0.25) is 14.2 Å². The van der Waals surface area contributed by atoms with Crippen LogP contribution in [0, 0.1) is 0 Å². The molecule has 0 fully saturated rings. The number of fused-ring (bicyclic) bond motifs is 1. The Hall–Kier alpha value is -3.68. The molecule has 0 aliphatic heterocycles. The van der Waals surface area contributed by atoms with Gasteiger partial charge in [0.15, 0.2) is 0 Å². The predicted molar refractivity (Wildman–Crippen MR) is 94.3 cm³/mol. The van der Waals surface area contributed by atoms with Crippen molar-refractivity contribution in [3.8, 4) is 0 Å². The second-order valence-corrected chi connectivity index (χ2v) is 5.29. The minimum Gasteiger partial charge on any atom is -0.351 e. The molecular weight excluding hydrogens is 322 g/mol. The molecule has 0 atom stereocenters. The second-order valence-electron chi connectivity index (χ2n) is 5.29. The van der Waals surface area contributed by atoms with Gasteiger partial charge < -0.3 is 16.4 Å². The largest absolute Gasteiger partial charge is 0.351 e. The molecule has 3 aromatic rings. The quantitative estimate of drug-likeness (QED) is 0.668. The molecule has 2 aromatic carbocycles. The average Bonchev–Trinajstić information content (AvgIpc) is 2.57. The van der Waals surface area contributed by atoms with Crippen molar-refractivity contribution in [3.63, 3.8) is 0 Å². The van der Waals surface area contributed by atoms with Crippen molar-refractivity contribution in [2.75, 3.05) is 10.6 Å². The Bertz CT molecular complexity index is 1010. The Morgan fingerprint density at radius 3 is 2.52 bits per heavy atom. The van der Waals surface area contributed by atoms with E-state index in [2.05, 4.69) is 15.6 Å². The van der Waals surface area contributed by atoms with E-state index in [4.69, 9.17) is 5.73 Å². The summed E-state index contributed by atoms with van der Waals surface area (Å²) < 4.78 is 1.35. The van der Waals surface area contributed by atoms with E-state index in [0.717, 1.165) is 0 Å². The standard InChI is InChI=1S/C17H15N5O3/c18-17(25)21-12-5-3-4-11(8-12)20-15(23)10-22-14-7-2-1-6-13(14)19-9-16(22)24/h1-9H,10H2,(H,20,23)(H3,18,21,25). The Morgan fingerprint density at radius 2 is 1.76 bits per heavy atom. The van der Waals surface area contributed by atoms with Crippen molar-refractivity contribution in [1.29, 1.82) is 0 Å². The number of para-hydroxylation sites is 2. The zero-order valence-corrected chi connectivity index (χ0v) is 13.1. The molecule has 0 bridgehead atoms. The van der Waals surface area contributed by atoms with E-state index in [1.807, 2.05) is 0 Å². The zero-order valence-electron chi connectivity index (χ0n) is 13.1. The second kappa shape index (κ2) is 6.83. The highest BCUT2D eigenvalue weighted by Crippen LogP contribution is 2.15. The lowest BCUT2D eigenvalue weighted by atomic mass is 10.2. The third kappa shape index (κ3) is 3.81. The van der Waals surface area contributed by atoms with E-state index < -0.39 is 6.03 Å². The first-order chi connectivity index (χ1) is 12.0. The summed E-state index contributed by atoms with van der Waals surface area (Å²) in [5.74, 6) is -0.380. The van der Waals surface area contributed by atoms with Crippen molar-refractivity contribution in [2.45, 2.75) is 6.54 Å². The van der Waals surface area contributed by atoms with E-state index in [9.17, 15) is 14.4 Å². The number of amides is 3. The smallest absolute Gasteiger partial charge is 0.316 e. The Morgan fingerprint density at radius 1 is 1.04 bits per heavy atom. The summed E-state index contributed by atoms with van der Waals surface area (Å²) in [7, 11) is 0. The number of nitrogens with zero attached hydrogens (tertiary/aromatic N) is 2. The number of nitrogens with one attached hydrogen (secondary N) is 2. The molecule has 0 spiro atoms. The molecule has 0 unspecified atom stereocenters. The topological polar surface area (TPSA) is 119 Å². The summed E-state index contributed by atoms with van der Waals surface area (Å²) in [5.41, 5.74) is 6.84. The van der Waals surface area contributed by atoms with Crippen molar-refractivity contribution in [3.05, 3.63) is 65.1 Å². The first-order valence-electron chi connectivity index (χ1n) is 7.44. The fourth-order valence-electron chi connectivity index (χ4n) is 2.44. The number of primary amides is 1.